The number of carbonyl (C=O) groups excluding carboxylic acids is 1. The summed E-state index contributed by atoms with van der Waals surface area (Å²) in [6.45, 7) is 3.15. The molecule has 0 aliphatic rings. The highest BCUT2D eigenvalue weighted by atomic mass is 32.2. The van der Waals surface area contributed by atoms with Crippen molar-refractivity contribution in [3.05, 3.63) is 23.5 Å². The lowest BCUT2D eigenvalue weighted by Gasteiger charge is -2.16. The van der Waals surface area contributed by atoms with E-state index in [9.17, 15) is 31.1 Å². The third-order valence-electron chi connectivity index (χ3n) is 2.52. The SMILES string of the molecule is CCOC(=O)c1ccc(C(F)(F)F)n1C[C@@H](C)N.O=S(=O)(O)C(F)(F)F. The largest absolute Gasteiger partial charge is 0.522 e. The molecule has 0 bridgehead atoms. The van der Waals surface area contributed by atoms with Crippen molar-refractivity contribution in [2.24, 2.45) is 5.73 Å². The molecule has 152 valence electrons. The van der Waals surface area contributed by atoms with Crippen LogP contribution < -0.4 is 5.73 Å². The average Bonchev–Trinajstić information content (AvgIpc) is 2.80. The van der Waals surface area contributed by atoms with E-state index < -0.39 is 39.5 Å². The van der Waals surface area contributed by atoms with Gasteiger partial charge in [-0.25, -0.2) is 4.79 Å². The zero-order valence-electron chi connectivity index (χ0n) is 13.4. The second-order valence-electron chi connectivity index (χ2n) is 4.83. The Morgan fingerprint density at radius 1 is 1.27 bits per heavy atom. The highest BCUT2D eigenvalue weighted by Crippen LogP contribution is 2.31. The standard InChI is InChI=1S/C11H15F3N2O2.CHF3O3S/c1-3-18-10(17)8-4-5-9(11(12,13)14)16(8)6-7(2)15;2-1(3,4)8(5,6)7/h4-5,7H,3,6,15H2,1-2H3;(H,5,6,7)/t7-;/m1./s1. The summed E-state index contributed by atoms with van der Waals surface area (Å²) in [4.78, 5) is 11.5. The van der Waals surface area contributed by atoms with E-state index in [0.29, 0.717) is 0 Å². The van der Waals surface area contributed by atoms with Crippen molar-refractivity contribution >= 4 is 16.1 Å². The van der Waals surface area contributed by atoms with Crippen LogP contribution in [0.2, 0.25) is 0 Å². The van der Waals surface area contributed by atoms with Crippen LogP contribution in [0.3, 0.4) is 0 Å². The molecular weight excluding hydrogens is 398 g/mol. The lowest BCUT2D eigenvalue weighted by molar-refractivity contribution is -0.143. The second kappa shape index (κ2) is 8.73. The van der Waals surface area contributed by atoms with Gasteiger partial charge in [0.25, 0.3) is 0 Å². The van der Waals surface area contributed by atoms with Crippen molar-refractivity contribution in [1.82, 2.24) is 4.57 Å². The maximum atomic E-state index is 12.7. The lowest BCUT2D eigenvalue weighted by atomic mass is 10.3. The molecule has 0 unspecified atom stereocenters. The molecule has 14 heteroatoms. The first-order valence-electron chi connectivity index (χ1n) is 6.75. The number of nitrogens with zero attached hydrogens (tertiary/aromatic N) is 1. The normalized spacial score (nSPS) is 13.6. The van der Waals surface area contributed by atoms with Gasteiger partial charge in [-0.15, -0.1) is 0 Å². The Kier molecular flexibility index (Phi) is 8.12. The Balaban J connectivity index is 0.000000660. The summed E-state index contributed by atoms with van der Waals surface area (Å²) in [6, 6.07) is 1.45. The van der Waals surface area contributed by atoms with E-state index in [1.807, 2.05) is 0 Å². The summed E-state index contributed by atoms with van der Waals surface area (Å²) in [7, 11) is -5.84. The van der Waals surface area contributed by atoms with Crippen LogP contribution in [0.25, 0.3) is 0 Å². The average molecular weight is 414 g/mol. The molecule has 0 aliphatic heterocycles. The van der Waals surface area contributed by atoms with Crippen molar-refractivity contribution in [2.45, 2.75) is 38.1 Å². The van der Waals surface area contributed by atoms with Crippen molar-refractivity contribution in [1.29, 1.82) is 0 Å². The van der Waals surface area contributed by atoms with E-state index >= 15 is 0 Å². The first kappa shape index (κ1) is 24.2. The second-order valence-corrected chi connectivity index (χ2v) is 6.24. The van der Waals surface area contributed by atoms with Crippen LogP contribution >= 0.6 is 0 Å². The number of ether oxygens (including phenoxy) is 1. The molecule has 1 heterocycles. The Bertz CT molecular complexity index is 709. The molecule has 1 aromatic rings. The first-order valence-corrected chi connectivity index (χ1v) is 8.19. The highest BCUT2D eigenvalue weighted by Gasteiger charge is 2.44. The van der Waals surface area contributed by atoms with Crippen LogP contribution in [0, 0.1) is 0 Å². The number of carbonyl (C=O) groups is 1. The van der Waals surface area contributed by atoms with Crippen LogP contribution in [-0.2, 0) is 27.6 Å². The Morgan fingerprint density at radius 3 is 2.04 bits per heavy atom. The number of hydrogen-bond donors (Lipinski definition) is 2. The van der Waals surface area contributed by atoms with Crippen molar-refractivity contribution in [2.75, 3.05) is 6.61 Å². The molecule has 0 saturated heterocycles. The van der Waals surface area contributed by atoms with E-state index in [-0.39, 0.29) is 18.8 Å². The van der Waals surface area contributed by atoms with Gasteiger partial charge in [-0.2, -0.15) is 34.8 Å². The molecular formula is C12H16F6N2O5S. The molecule has 3 N–H and O–H groups in total. The van der Waals surface area contributed by atoms with E-state index in [1.165, 1.54) is 0 Å². The van der Waals surface area contributed by atoms with Crippen molar-refractivity contribution < 1.29 is 48.8 Å². The molecule has 7 nitrogen and oxygen atoms in total. The summed E-state index contributed by atoms with van der Waals surface area (Å²) in [5.74, 6) is -0.784. The monoisotopic (exact) mass is 414 g/mol. The zero-order valence-corrected chi connectivity index (χ0v) is 14.2. The summed E-state index contributed by atoms with van der Waals surface area (Å²) in [5.41, 5.74) is -1.07. The lowest BCUT2D eigenvalue weighted by Crippen LogP contribution is -2.28. The van der Waals surface area contributed by atoms with Crippen LogP contribution in [0.1, 0.15) is 30.0 Å². The predicted octanol–water partition coefficient (Wildman–Crippen LogP) is 2.42. The molecule has 0 amide bonds. The number of nitrogens with two attached hydrogens (primary N) is 1. The minimum absolute atomic E-state index is 0.101. The fourth-order valence-electron chi connectivity index (χ4n) is 1.58. The third kappa shape index (κ3) is 7.21. The quantitative estimate of drug-likeness (QED) is 0.339. The van der Waals surface area contributed by atoms with Gasteiger partial charge in [-0.05, 0) is 26.0 Å². The maximum absolute atomic E-state index is 12.7. The maximum Gasteiger partial charge on any atom is 0.522 e. The summed E-state index contributed by atoms with van der Waals surface area (Å²) in [5, 5.41) is 0. The Morgan fingerprint density at radius 2 is 1.73 bits per heavy atom. The van der Waals surface area contributed by atoms with E-state index in [2.05, 4.69) is 0 Å². The number of rotatable bonds is 4. The van der Waals surface area contributed by atoms with Crippen LogP contribution in [0.4, 0.5) is 26.3 Å². The van der Waals surface area contributed by atoms with Crippen LogP contribution in [0.15, 0.2) is 12.1 Å². The van der Waals surface area contributed by atoms with Gasteiger partial charge in [0.05, 0.1) is 6.61 Å². The Labute approximate surface area is 144 Å². The van der Waals surface area contributed by atoms with Crippen molar-refractivity contribution in [3.63, 3.8) is 0 Å². The van der Waals surface area contributed by atoms with Crippen LogP contribution in [0.5, 0.6) is 0 Å². The smallest absolute Gasteiger partial charge is 0.461 e. The van der Waals surface area contributed by atoms with E-state index in [4.69, 9.17) is 23.4 Å². The minimum Gasteiger partial charge on any atom is -0.461 e. The predicted molar refractivity (Wildman–Crippen MR) is 76.6 cm³/mol. The molecule has 0 aromatic carbocycles. The number of aromatic nitrogens is 1. The molecule has 1 aromatic heterocycles. The molecule has 1 atom stereocenters. The van der Waals surface area contributed by atoms with Crippen molar-refractivity contribution in [3.8, 4) is 0 Å². The van der Waals surface area contributed by atoms with Gasteiger partial charge < -0.3 is 15.0 Å². The molecule has 26 heavy (non-hydrogen) atoms. The van der Waals surface area contributed by atoms with Crippen LogP contribution in [-0.4, -0.2) is 41.7 Å². The molecule has 0 fully saturated rings. The molecule has 1 rings (SSSR count). The number of hydrogen-bond acceptors (Lipinski definition) is 5. The fraction of sp³-hybridized carbons (Fsp3) is 0.583. The van der Waals surface area contributed by atoms with Gasteiger partial charge in [-0.3, -0.25) is 4.55 Å². The number of alkyl halides is 6. The van der Waals surface area contributed by atoms with Gasteiger partial charge in [0.1, 0.15) is 11.4 Å². The topological polar surface area (TPSA) is 112 Å². The summed E-state index contributed by atoms with van der Waals surface area (Å²) >= 11 is 0. The number of halogens is 6. The molecule has 0 radical (unpaired) electrons. The zero-order chi connectivity index (χ0) is 20.9. The van der Waals surface area contributed by atoms with Gasteiger partial charge in [-0.1, -0.05) is 0 Å². The fourth-order valence-corrected chi connectivity index (χ4v) is 1.58. The van der Waals surface area contributed by atoms with Gasteiger partial charge >= 0.3 is 27.8 Å². The first-order chi connectivity index (χ1) is 11.5. The Hall–Kier alpha value is -1.80. The van der Waals surface area contributed by atoms with E-state index in [1.54, 1.807) is 13.8 Å². The molecule has 0 aliphatic carbocycles. The van der Waals surface area contributed by atoms with E-state index in [0.717, 1.165) is 16.7 Å². The molecule has 0 saturated carbocycles. The summed E-state index contributed by atoms with van der Waals surface area (Å²) in [6.07, 6.45) is -4.53. The molecule has 0 spiro atoms. The van der Waals surface area contributed by atoms with Gasteiger partial charge in [0.2, 0.25) is 0 Å². The summed E-state index contributed by atoms with van der Waals surface area (Å²) < 4.78 is 101. The minimum atomic E-state index is -5.84. The number of esters is 1. The third-order valence-corrected chi connectivity index (χ3v) is 3.10. The van der Waals surface area contributed by atoms with Gasteiger partial charge in [0.15, 0.2) is 0 Å². The van der Waals surface area contributed by atoms with Gasteiger partial charge in [0, 0.05) is 12.6 Å². The highest BCUT2D eigenvalue weighted by molar-refractivity contribution is 7.86.